The highest BCUT2D eigenvalue weighted by molar-refractivity contribution is 7.18. The zero-order valence-electron chi connectivity index (χ0n) is 12.6. The Balaban J connectivity index is 1.95. The van der Waals surface area contributed by atoms with Gasteiger partial charge in [-0.2, -0.15) is 0 Å². The van der Waals surface area contributed by atoms with Crippen molar-refractivity contribution in [2.45, 2.75) is 32.1 Å². The second kappa shape index (κ2) is 8.19. The average Bonchev–Trinajstić information content (AvgIpc) is 2.70. The summed E-state index contributed by atoms with van der Waals surface area (Å²) in [5, 5.41) is 3.73. The fourth-order valence-corrected chi connectivity index (χ4v) is 3.33. The maximum absolute atomic E-state index is 12.1. The molecular weight excluding hydrogens is 288 g/mol. The van der Waals surface area contributed by atoms with Gasteiger partial charge in [-0.15, -0.1) is 0 Å². The van der Waals surface area contributed by atoms with Gasteiger partial charge in [-0.3, -0.25) is 4.79 Å². The van der Waals surface area contributed by atoms with Crippen molar-refractivity contribution in [3.8, 4) is 0 Å². The molecule has 1 saturated heterocycles. The van der Waals surface area contributed by atoms with Gasteiger partial charge in [-0.25, -0.2) is 4.98 Å². The van der Waals surface area contributed by atoms with E-state index in [9.17, 15) is 4.79 Å². The largest absolute Gasteiger partial charge is 0.385 e. The van der Waals surface area contributed by atoms with Crippen molar-refractivity contribution < 1.29 is 9.53 Å². The van der Waals surface area contributed by atoms with E-state index in [1.165, 1.54) is 37.0 Å². The number of nitrogens with zero attached hydrogens (tertiary/aromatic N) is 2. The lowest BCUT2D eigenvalue weighted by atomic mass is 10.2. The van der Waals surface area contributed by atoms with E-state index in [0.717, 1.165) is 24.6 Å². The van der Waals surface area contributed by atoms with Crippen LogP contribution in [0, 0.1) is 0 Å². The number of nitrogens with two attached hydrogens (primary N) is 1. The van der Waals surface area contributed by atoms with E-state index in [1.54, 1.807) is 7.11 Å². The molecule has 0 saturated carbocycles. The van der Waals surface area contributed by atoms with Crippen molar-refractivity contribution >= 4 is 28.2 Å². The first-order valence-electron chi connectivity index (χ1n) is 7.50. The summed E-state index contributed by atoms with van der Waals surface area (Å²) in [6, 6.07) is 0. The predicted octanol–water partition coefficient (Wildman–Crippen LogP) is 1.87. The molecule has 21 heavy (non-hydrogen) atoms. The number of thiazole rings is 1. The number of ether oxygens (including phenoxy) is 1. The average molecular weight is 312 g/mol. The Morgan fingerprint density at radius 3 is 2.76 bits per heavy atom. The van der Waals surface area contributed by atoms with Crippen LogP contribution in [0.2, 0.25) is 0 Å². The Hall–Kier alpha value is -1.34. The van der Waals surface area contributed by atoms with E-state index in [2.05, 4.69) is 15.2 Å². The lowest BCUT2D eigenvalue weighted by Crippen LogP contribution is -2.25. The third-order valence-electron chi connectivity index (χ3n) is 3.54. The van der Waals surface area contributed by atoms with Crippen molar-refractivity contribution in [1.82, 2.24) is 10.3 Å². The number of hydrogen-bond donors (Lipinski definition) is 2. The quantitative estimate of drug-likeness (QED) is 0.784. The van der Waals surface area contributed by atoms with E-state index in [4.69, 9.17) is 10.5 Å². The van der Waals surface area contributed by atoms with Gasteiger partial charge in [0.25, 0.3) is 5.91 Å². The highest BCUT2D eigenvalue weighted by atomic mass is 32.1. The van der Waals surface area contributed by atoms with Crippen LogP contribution >= 0.6 is 11.3 Å². The van der Waals surface area contributed by atoms with Crippen molar-refractivity contribution in [3.05, 3.63) is 4.88 Å². The van der Waals surface area contributed by atoms with Gasteiger partial charge >= 0.3 is 0 Å². The molecule has 1 aromatic rings. The second-order valence-corrected chi connectivity index (χ2v) is 6.19. The SMILES string of the molecule is COCCCNC(=O)c1sc(N2CCCCCC2)nc1N. The van der Waals surface area contributed by atoms with Gasteiger partial charge in [0, 0.05) is 33.4 Å². The molecule has 6 nitrogen and oxygen atoms in total. The van der Waals surface area contributed by atoms with Crippen molar-refractivity contribution in [3.63, 3.8) is 0 Å². The molecule has 1 aliphatic heterocycles. The molecule has 2 heterocycles. The first kappa shape index (κ1) is 16.0. The standard InChI is InChI=1S/C14H24N4O2S/c1-20-10-6-7-16-13(19)11-12(15)17-14(21-11)18-8-4-2-3-5-9-18/h2-10,15H2,1H3,(H,16,19). The molecule has 1 aromatic heterocycles. The molecular formula is C14H24N4O2S. The lowest BCUT2D eigenvalue weighted by molar-refractivity contribution is 0.0953. The molecule has 0 radical (unpaired) electrons. The molecule has 0 bridgehead atoms. The lowest BCUT2D eigenvalue weighted by Gasteiger charge is -2.18. The Labute approximate surface area is 129 Å². The molecule has 0 unspecified atom stereocenters. The van der Waals surface area contributed by atoms with E-state index < -0.39 is 0 Å². The van der Waals surface area contributed by atoms with E-state index in [0.29, 0.717) is 23.8 Å². The maximum atomic E-state index is 12.1. The van der Waals surface area contributed by atoms with E-state index in [-0.39, 0.29) is 5.91 Å². The zero-order valence-corrected chi connectivity index (χ0v) is 13.4. The molecule has 1 amide bonds. The molecule has 0 atom stereocenters. The number of carbonyl (C=O) groups is 1. The summed E-state index contributed by atoms with van der Waals surface area (Å²) in [7, 11) is 1.65. The van der Waals surface area contributed by atoms with Gasteiger partial charge in [-0.05, 0) is 19.3 Å². The van der Waals surface area contributed by atoms with E-state index >= 15 is 0 Å². The van der Waals surface area contributed by atoms with Crippen molar-refractivity contribution in [2.24, 2.45) is 0 Å². The third-order valence-corrected chi connectivity index (χ3v) is 4.67. The normalized spacial score (nSPS) is 15.8. The molecule has 1 fully saturated rings. The topological polar surface area (TPSA) is 80.5 Å². The Bertz CT molecular complexity index is 456. The van der Waals surface area contributed by atoms with Crippen molar-refractivity contribution in [1.29, 1.82) is 0 Å². The van der Waals surface area contributed by atoms with Gasteiger partial charge in [0.05, 0.1) is 0 Å². The second-order valence-electron chi connectivity index (χ2n) is 5.21. The number of aromatic nitrogens is 1. The predicted molar refractivity (Wildman–Crippen MR) is 86.0 cm³/mol. The summed E-state index contributed by atoms with van der Waals surface area (Å²) >= 11 is 1.39. The molecule has 3 N–H and O–H groups in total. The summed E-state index contributed by atoms with van der Waals surface area (Å²) < 4.78 is 4.96. The molecule has 0 spiro atoms. The minimum absolute atomic E-state index is 0.137. The molecule has 0 aromatic carbocycles. The monoisotopic (exact) mass is 312 g/mol. The summed E-state index contributed by atoms with van der Waals surface area (Å²) in [6.45, 7) is 3.23. The van der Waals surface area contributed by atoms with Gasteiger partial charge in [0.2, 0.25) is 0 Å². The smallest absolute Gasteiger partial charge is 0.265 e. The van der Waals surface area contributed by atoms with Crippen LogP contribution in [0.1, 0.15) is 41.8 Å². The fraction of sp³-hybridized carbons (Fsp3) is 0.714. The molecule has 7 heteroatoms. The first-order valence-corrected chi connectivity index (χ1v) is 8.32. The number of rotatable bonds is 6. The van der Waals surface area contributed by atoms with Crippen LogP contribution in [0.3, 0.4) is 0 Å². The summed E-state index contributed by atoms with van der Waals surface area (Å²) in [6.07, 6.45) is 5.68. The number of carbonyl (C=O) groups excluding carboxylic acids is 1. The Morgan fingerprint density at radius 2 is 2.10 bits per heavy atom. The number of methoxy groups -OCH3 is 1. The molecule has 1 aliphatic rings. The van der Waals surface area contributed by atoms with Crippen LogP contribution in [0.25, 0.3) is 0 Å². The molecule has 2 rings (SSSR count). The van der Waals surface area contributed by atoms with Crippen molar-refractivity contribution in [2.75, 3.05) is 44.0 Å². The van der Waals surface area contributed by atoms with Crippen LogP contribution < -0.4 is 16.0 Å². The molecule has 118 valence electrons. The minimum atomic E-state index is -0.137. The van der Waals surface area contributed by atoms with E-state index in [1.807, 2.05) is 0 Å². The van der Waals surface area contributed by atoms with Crippen LogP contribution in [-0.2, 0) is 4.74 Å². The van der Waals surface area contributed by atoms with Crippen LogP contribution in [0.15, 0.2) is 0 Å². The van der Waals surface area contributed by atoms with Crippen LogP contribution in [0.4, 0.5) is 10.9 Å². The van der Waals surface area contributed by atoms with Gasteiger partial charge in [0.15, 0.2) is 5.13 Å². The fourth-order valence-electron chi connectivity index (χ4n) is 2.38. The number of nitrogens with one attached hydrogen (secondary N) is 1. The number of hydrogen-bond acceptors (Lipinski definition) is 6. The highest BCUT2D eigenvalue weighted by Gasteiger charge is 2.20. The number of nitrogen functional groups attached to an aromatic ring is 1. The summed E-state index contributed by atoms with van der Waals surface area (Å²) in [4.78, 5) is 19.3. The Kier molecular flexibility index (Phi) is 6.25. The zero-order chi connectivity index (χ0) is 15.1. The van der Waals surface area contributed by atoms with Crippen LogP contribution in [0.5, 0.6) is 0 Å². The highest BCUT2D eigenvalue weighted by Crippen LogP contribution is 2.29. The maximum Gasteiger partial charge on any atom is 0.265 e. The van der Waals surface area contributed by atoms with Gasteiger partial charge in [-0.1, -0.05) is 24.2 Å². The van der Waals surface area contributed by atoms with Gasteiger partial charge < -0.3 is 20.7 Å². The van der Waals surface area contributed by atoms with Crippen LogP contribution in [-0.4, -0.2) is 44.2 Å². The number of anilines is 2. The molecule has 0 aliphatic carbocycles. The first-order chi connectivity index (χ1) is 10.2. The number of amides is 1. The summed E-state index contributed by atoms with van der Waals surface area (Å²) in [5.41, 5.74) is 5.91. The Morgan fingerprint density at radius 1 is 1.38 bits per heavy atom. The summed E-state index contributed by atoms with van der Waals surface area (Å²) in [5.74, 6) is 0.200. The van der Waals surface area contributed by atoms with Gasteiger partial charge in [0.1, 0.15) is 10.7 Å². The third kappa shape index (κ3) is 4.57. The minimum Gasteiger partial charge on any atom is -0.385 e.